The maximum Gasteiger partial charge on any atom is 0.416 e. The van der Waals surface area contributed by atoms with Gasteiger partial charge in [-0.15, -0.1) is 0 Å². The van der Waals surface area contributed by atoms with Gasteiger partial charge in [-0.2, -0.15) is 13.2 Å². The van der Waals surface area contributed by atoms with Crippen molar-refractivity contribution < 1.29 is 32.2 Å². The number of pyridine rings is 1. The minimum Gasteiger partial charge on any atom is -0.492 e. The van der Waals surface area contributed by atoms with Gasteiger partial charge in [0.25, 0.3) is 11.8 Å². The summed E-state index contributed by atoms with van der Waals surface area (Å²) < 4.78 is 49.1. The molecule has 1 N–H and O–H groups in total. The second kappa shape index (κ2) is 8.85. The summed E-state index contributed by atoms with van der Waals surface area (Å²) in [5.41, 5.74) is -0.208. The number of fused-ring (bicyclic) bond motifs is 1. The largest absolute Gasteiger partial charge is 0.492 e. The summed E-state index contributed by atoms with van der Waals surface area (Å²) in [6, 6.07) is 4.49. The minimum absolute atomic E-state index is 0.0881. The van der Waals surface area contributed by atoms with Gasteiger partial charge in [0.15, 0.2) is 12.4 Å². The molecule has 2 amide bonds. The molecule has 0 unspecified atom stereocenters. The zero-order valence-corrected chi connectivity index (χ0v) is 17.5. The predicted molar refractivity (Wildman–Crippen MR) is 109 cm³/mol. The molecule has 0 radical (unpaired) electrons. The first-order chi connectivity index (χ1) is 15.2. The first-order valence-corrected chi connectivity index (χ1v) is 10.3. The summed E-state index contributed by atoms with van der Waals surface area (Å²) >= 11 is 5.93. The van der Waals surface area contributed by atoms with Gasteiger partial charge in [-0.3, -0.25) is 9.59 Å². The summed E-state index contributed by atoms with van der Waals surface area (Å²) in [6.07, 6.45) is -1.73. The van der Waals surface area contributed by atoms with Crippen LogP contribution >= 0.6 is 11.6 Å². The third-order valence-corrected chi connectivity index (χ3v) is 5.65. The fourth-order valence-electron chi connectivity index (χ4n) is 3.57. The van der Waals surface area contributed by atoms with Gasteiger partial charge in [-0.1, -0.05) is 11.6 Å². The number of carbonyl (C=O) groups is 2. The highest BCUT2D eigenvalue weighted by Gasteiger charge is 2.31. The normalized spacial score (nSPS) is 16.8. The van der Waals surface area contributed by atoms with Crippen molar-refractivity contribution in [1.82, 2.24) is 9.88 Å². The van der Waals surface area contributed by atoms with Gasteiger partial charge < -0.3 is 19.7 Å². The van der Waals surface area contributed by atoms with Gasteiger partial charge in [0.2, 0.25) is 0 Å². The molecule has 1 aromatic heterocycles. The monoisotopic (exact) mass is 469 g/mol. The van der Waals surface area contributed by atoms with E-state index in [0.717, 1.165) is 12.1 Å². The van der Waals surface area contributed by atoms with E-state index in [9.17, 15) is 22.8 Å². The fourth-order valence-corrected chi connectivity index (χ4v) is 3.80. The van der Waals surface area contributed by atoms with Gasteiger partial charge in [0.05, 0.1) is 29.1 Å². The van der Waals surface area contributed by atoms with E-state index in [1.165, 1.54) is 18.3 Å². The topological polar surface area (TPSA) is 80.8 Å². The number of rotatable bonds is 4. The molecule has 1 saturated heterocycles. The summed E-state index contributed by atoms with van der Waals surface area (Å²) in [6.45, 7) is 1.16. The molecule has 0 saturated carbocycles. The summed E-state index contributed by atoms with van der Waals surface area (Å²) in [7, 11) is 0. The molecule has 170 valence electrons. The number of benzene rings is 1. The van der Waals surface area contributed by atoms with Crippen LogP contribution in [-0.4, -0.2) is 48.0 Å². The number of amides is 2. The Morgan fingerprint density at radius 3 is 2.72 bits per heavy atom. The number of nitrogens with zero attached hydrogens (tertiary/aromatic N) is 2. The Balaban J connectivity index is 1.30. The fraction of sp³-hybridized carbons (Fsp3) is 0.381. The SMILES string of the molecule is O=C1COc2cnc(C(=O)N3CCC(COc4ccc(C(F)(F)F)cc4Cl)CC3)cc2N1. The lowest BCUT2D eigenvalue weighted by Gasteiger charge is -2.32. The number of nitrogens with one attached hydrogen (secondary N) is 1. The van der Waals surface area contributed by atoms with Crippen LogP contribution in [0.5, 0.6) is 11.5 Å². The van der Waals surface area contributed by atoms with Crippen molar-refractivity contribution in [3.05, 3.63) is 46.7 Å². The first-order valence-electron chi connectivity index (χ1n) is 9.92. The molecule has 0 spiro atoms. The molecule has 0 aliphatic carbocycles. The third kappa shape index (κ3) is 4.90. The number of halogens is 4. The Labute approximate surface area is 186 Å². The van der Waals surface area contributed by atoms with E-state index >= 15 is 0 Å². The first kappa shape index (κ1) is 22.2. The Morgan fingerprint density at radius 1 is 1.28 bits per heavy atom. The van der Waals surface area contributed by atoms with Crippen molar-refractivity contribution >= 4 is 29.1 Å². The number of hydrogen-bond acceptors (Lipinski definition) is 5. The van der Waals surface area contributed by atoms with Crippen LogP contribution in [-0.2, 0) is 11.0 Å². The maximum atomic E-state index is 12.8. The number of ether oxygens (including phenoxy) is 2. The van der Waals surface area contributed by atoms with Gasteiger partial charge >= 0.3 is 6.18 Å². The van der Waals surface area contributed by atoms with Crippen LogP contribution < -0.4 is 14.8 Å². The molecule has 2 aliphatic heterocycles. The highest BCUT2D eigenvalue weighted by atomic mass is 35.5. The number of anilines is 1. The molecule has 7 nitrogen and oxygen atoms in total. The molecule has 4 rings (SSSR count). The quantitative estimate of drug-likeness (QED) is 0.731. The van der Waals surface area contributed by atoms with Gasteiger partial charge in [-0.25, -0.2) is 4.98 Å². The van der Waals surface area contributed by atoms with E-state index < -0.39 is 11.7 Å². The summed E-state index contributed by atoms with van der Waals surface area (Å²) in [4.78, 5) is 30.1. The molecule has 2 aliphatic rings. The van der Waals surface area contributed by atoms with Crippen LogP contribution in [0.2, 0.25) is 5.02 Å². The number of aromatic nitrogens is 1. The Morgan fingerprint density at radius 2 is 2.03 bits per heavy atom. The van der Waals surface area contributed by atoms with Crippen LogP contribution in [0.4, 0.5) is 18.9 Å². The molecule has 32 heavy (non-hydrogen) atoms. The molecule has 3 heterocycles. The van der Waals surface area contributed by atoms with Crippen LogP contribution in [0.25, 0.3) is 0 Å². The zero-order valence-electron chi connectivity index (χ0n) is 16.7. The lowest BCUT2D eigenvalue weighted by atomic mass is 9.97. The highest BCUT2D eigenvalue weighted by Crippen LogP contribution is 2.35. The smallest absolute Gasteiger partial charge is 0.416 e. The van der Waals surface area contributed by atoms with Crippen molar-refractivity contribution in [3.63, 3.8) is 0 Å². The standard InChI is InChI=1S/C21H19ClF3N3O4/c22-14-7-13(21(23,24)25)1-2-17(14)31-10-12-3-5-28(6-4-12)20(30)16-8-15-18(9-26-16)32-11-19(29)27-15/h1-2,7-9,12H,3-6,10-11H2,(H,27,29). The number of hydrogen-bond donors (Lipinski definition) is 1. The van der Waals surface area contributed by atoms with Crippen molar-refractivity contribution in [2.24, 2.45) is 5.92 Å². The average Bonchev–Trinajstić information content (AvgIpc) is 2.77. The zero-order chi connectivity index (χ0) is 22.9. The van der Waals surface area contributed by atoms with Crippen LogP contribution in [0.1, 0.15) is 28.9 Å². The minimum atomic E-state index is -4.47. The number of piperidine rings is 1. The predicted octanol–water partition coefficient (Wildman–Crippen LogP) is 4.02. The summed E-state index contributed by atoms with van der Waals surface area (Å²) in [5, 5.41) is 2.55. The Kier molecular flexibility index (Phi) is 6.14. The van der Waals surface area contributed by atoms with Crippen molar-refractivity contribution in [2.45, 2.75) is 19.0 Å². The average molecular weight is 470 g/mol. The number of carbonyl (C=O) groups excluding carboxylic acids is 2. The summed E-state index contributed by atoms with van der Waals surface area (Å²) in [5.74, 6) is 0.190. The Bertz CT molecular complexity index is 1040. The molecular weight excluding hydrogens is 451 g/mol. The third-order valence-electron chi connectivity index (χ3n) is 5.35. The van der Waals surface area contributed by atoms with E-state index in [2.05, 4.69) is 10.3 Å². The molecule has 11 heteroatoms. The van der Waals surface area contributed by atoms with Crippen LogP contribution in [0, 0.1) is 5.92 Å². The second-order valence-electron chi connectivity index (χ2n) is 7.59. The second-order valence-corrected chi connectivity index (χ2v) is 8.00. The molecule has 0 bridgehead atoms. The lowest BCUT2D eigenvalue weighted by molar-refractivity contribution is -0.137. The molecule has 0 atom stereocenters. The van der Waals surface area contributed by atoms with E-state index in [1.54, 1.807) is 4.90 Å². The van der Waals surface area contributed by atoms with Gasteiger partial charge in [-0.05, 0) is 43.0 Å². The number of likely N-dealkylation sites (tertiary alicyclic amines) is 1. The molecular formula is C21H19ClF3N3O4. The van der Waals surface area contributed by atoms with Crippen molar-refractivity contribution in [1.29, 1.82) is 0 Å². The lowest BCUT2D eigenvalue weighted by Crippen LogP contribution is -2.40. The molecule has 1 aromatic carbocycles. The highest BCUT2D eigenvalue weighted by molar-refractivity contribution is 6.32. The van der Waals surface area contributed by atoms with E-state index in [4.69, 9.17) is 21.1 Å². The number of alkyl halides is 3. The van der Waals surface area contributed by atoms with Gasteiger partial charge in [0.1, 0.15) is 11.4 Å². The van der Waals surface area contributed by atoms with Crippen molar-refractivity contribution in [3.8, 4) is 11.5 Å². The van der Waals surface area contributed by atoms with E-state index in [-0.39, 0.29) is 47.4 Å². The molecule has 1 fully saturated rings. The van der Waals surface area contributed by atoms with Crippen molar-refractivity contribution in [2.75, 3.05) is 31.6 Å². The van der Waals surface area contributed by atoms with E-state index in [1.807, 2.05) is 0 Å². The van der Waals surface area contributed by atoms with Crippen LogP contribution in [0.3, 0.4) is 0 Å². The Hall–Kier alpha value is -3.01. The maximum absolute atomic E-state index is 12.8. The van der Waals surface area contributed by atoms with Crippen LogP contribution in [0.15, 0.2) is 30.5 Å². The van der Waals surface area contributed by atoms with Gasteiger partial charge in [0, 0.05) is 13.1 Å². The molecule has 2 aromatic rings. The van der Waals surface area contributed by atoms with E-state index in [0.29, 0.717) is 37.4 Å².